The van der Waals surface area contributed by atoms with Gasteiger partial charge in [0.15, 0.2) is 0 Å². The highest BCUT2D eigenvalue weighted by atomic mass is 79.9. The number of hydrogen-bond donors (Lipinski definition) is 0. The number of ketones is 1. The maximum Gasteiger partial charge on any atom is 0.147 e. The highest BCUT2D eigenvalue weighted by molar-refractivity contribution is 9.10. The molecule has 0 N–H and O–H groups in total. The summed E-state index contributed by atoms with van der Waals surface area (Å²) in [6.07, 6.45) is 0.437. The summed E-state index contributed by atoms with van der Waals surface area (Å²) in [5, 5.41) is 0.390. The van der Waals surface area contributed by atoms with Gasteiger partial charge in [-0.05, 0) is 17.2 Å². The van der Waals surface area contributed by atoms with E-state index in [9.17, 15) is 4.79 Å². The van der Waals surface area contributed by atoms with E-state index in [2.05, 4.69) is 31.9 Å². The van der Waals surface area contributed by atoms with Gasteiger partial charge in [0.05, 0.1) is 5.33 Å². The van der Waals surface area contributed by atoms with Crippen molar-refractivity contribution in [2.45, 2.75) is 12.3 Å². The molecule has 76 valence electrons. The van der Waals surface area contributed by atoms with E-state index in [4.69, 9.17) is 11.6 Å². The number of Topliss-reactive ketones (excluding diaryl/α,β-unsaturated/α-hetero) is 1. The molecular weight excluding hydrogens is 331 g/mol. The van der Waals surface area contributed by atoms with Gasteiger partial charge in [0.2, 0.25) is 0 Å². The summed E-state index contributed by atoms with van der Waals surface area (Å²) in [4.78, 5) is 11.3. The van der Waals surface area contributed by atoms with E-state index >= 15 is 0 Å². The average Bonchev–Trinajstić information content (AvgIpc) is 2.18. The quantitative estimate of drug-likeness (QED) is 0.764. The Morgan fingerprint density at radius 1 is 1.43 bits per heavy atom. The van der Waals surface area contributed by atoms with E-state index in [1.54, 1.807) is 0 Å². The van der Waals surface area contributed by atoms with E-state index in [1.807, 2.05) is 18.2 Å². The minimum atomic E-state index is 0.162. The van der Waals surface area contributed by atoms with Gasteiger partial charge in [-0.15, -0.1) is 11.6 Å². The normalized spacial score (nSPS) is 10.2. The lowest BCUT2D eigenvalue weighted by molar-refractivity contribution is -0.115. The molecule has 0 aliphatic heterocycles. The molecule has 0 heterocycles. The second kappa shape index (κ2) is 5.89. The summed E-state index contributed by atoms with van der Waals surface area (Å²) in [6, 6.07) is 5.78. The molecule has 0 aliphatic carbocycles. The number of benzene rings is 1. The molecular formula is C10H9Br2ClO. The zero-order chi connectivity index (χ0) is 10.6. The Hall–Kier alpha value is 0.140. The third-order valence-corrected chi connectivity index (χ3v) is 3.52. The van der Waals surface area contributed by atoms with Crippen molar-refractivity contribution in [3.05, 3.63) is 33.8 Å². The molecule has 0 atom stereocenters. The first-order chi connectivity index (χ1) is 6.69. The van der Waals surface area contributed by atoms with E-state index in [-0.39, 0.29) is 5.78 Å². The second-order valence-electron chi connectivity index (χ2n) is 2.86. The van der Waals surface area contributed by atoms with Gasteiger partial charge in [-0.1, -0.05) is 44.0 Å². The van der Waals surface area contributed by atoms with Crippen LogP contribution in [0.5, 0.6) is 0 Å². The number of carbonyl (C=O) groups excluding carboxylic acids is 1. The molecule has 0 spiro atoms. The molecule has 0 unspecified atom stereocenters. The molecule has 0 aliphatic rings. The van der Waals surface area contributed by atoms with Crippen molar-refractivity contribution in [2.24, 2.45) is 0 Å². The van der Waals surface area contributed by atoms with Crippen LogP contribution in [0.15, 0.2) is 22.7 Å². The fourth-order valence-electron chi connectivity index (χ4n) is 1.18. The maximum atomic E-state index is 11.3. The van der Waals surface area contributed by atoms with Crippen molar-refractivity contribution in [1.82, 2.24) is 0 Å². The fraction of sp³-hybridized carbons (Fsp3) is 0.300. The third-order valence-electron chi connectivity index (χ3n) is 1.89. The van der Waals surface area contributed by atoms with E-state index in [1.165, 1.54) is 0 Å². The highest BCUT2D eigenvalue weighted by Crippen LogP contribution is 2.23. The molecule has 0 amide bonds. The Bertz CT molecular complexity index is 339. The fourth-order valence-corrected chi connectivity index (χ4v) is 2.40. The Morgan fingerprint density at radius 3 is 2.71 bits per heavy atom. The Morgan fingerprint density at radius 2 is 2.14 bits per heavy atom. The molecule has 1 aromatic rings. The number of halogens is 3. The summed E-state index contributed by atoms with van der Waals surface area (Å²) in [5.41, 5.74) is 2.00. The lowest BCUT2D eigenvalue weighted by atomic mass is 10.0. The molecule has 4 heteroatoms. The van der Waals surface area contributed by atoms with Crippen LogP contribution in [0.25, 0.3) is 0 Å². The molecule has 0 saturated heterocycles. The van der Waals surface area contributed by atoms with Crippen LogP contribution in [-0.4, -0.2) is 11.1 Å². The van der Waals surface area contributed by atoms with Crippen LogP contribution < -0.4 is 0 Å². The van der Waals surface area contributed by atoms with Crippen molar-refractivity contribution in [3.8, 4) is 0 Å². The first kappa shape index (κ1) is 12.2. The van der Waals surface area contributed by atoms with Crippen LogP contribution in [0.2, 0.25) is 0 Å². The standard InChI is InChI=1S/C10H9Br2ClO/c11-5-8(14)4-7-2-1-3-10(12)9(7)6-13/h1-3H,4-6H2. The third kappa shape index (κ3) is 3.07. The molecule has 14 heavy (non-hydrogen) atoms. The van der Waals surface area contributed by atoms with Crippen molar-refractivity contribution in [3.63, 3.8) is 0 Å². The molecule has 0 fully saturated rings. The van der Waals surface area contributed by atoms with Crippen LogP contribution >= 0.6 is 43.5 Å². The van der Waals surface area contributed by atoms with Crippen molar-refractivity contribution in [2.75, 3.05) is 5.33 Å². The van der Waals surface area contributed by atoms with Crippen LogP contribution in [0.3, 0.4) is 0 Å². The Balaban J connectivity index is 2.96. The smallest absolute Gasteiger partial charge is 0.147 e. The van der Waals surface area contributed by atoms with Gasteiger partial charge in [-0.3, -0.25) is 4.79 Å². The highest BCUT2D eigenvalue weighted by Gasteiger charge is 2.08. The first-order valence-electron chi connectivity index (χ1n) is 4.09. The van der Waals surface area contributed by atoms with Gasteiger partial charge >= 0.3 is 0 Å². The van der Waals surface area contributed by atoms with Crippen LogP contribution in [0, 0.1) is 0 Å². The van der Waals surface area contributed by atoms with Crippen LogP contribution in [0.4, 0.5) is 0 Å². The lowest BCUT2D eigenvalue weighted by Gasteiger charge is -2.07. The van der Waals surface area contributed by atoms with E-state index in [0.29, 0.717) is 17.6 Å². The van der Waals surface area contributed by atoms with Gasteiger partial charge in [0, 0.05) is 16.8 Å². The van der Waals surface area contributed by atoms with E-state index in [0.717, 1.165) is 15.6 Å². The minimum Gasteiger partial charge on any atom is -0.298 e. The molecule has 0 bridgehead atoms. The topological polar surface area (TPSA) is 17.1 Å². The summed E-state index contributed by atoms with van der Waals surface area (Å²) in [7, 11) is 0. The Kier molecular flexibility index (Phi) is 5.13. The SMILES string of the molecule is O=C(CBr)Cc1cccc(Br)c1CCl. The molecule has 0 aromatic heterocycles. The average molecular weight is 340 g/mol. The number of hydrogen-bond acceptors (Lipinski definition) is 1. The summed E-state index contributed by atoms with van der Waals surface area (Å²) >= 11 is 12.4. The van der Waals surface area contributed by atoms with Crippen molar-refractivity contribution >= 4 is 49.2 Å². The van der Waals surface area contributed by atoms with Gasteiger partial charge in [-0.2, -0.15) is 0 Å². The minimum absolute atomic E-state index is 0.162. The lowest BCUT2D eigenvalue weighted by Crippen LogP contribution is -2.05. The Labute approximate surface area is 105 Å². The largest absolute Gasteiger partial charge is 0.298 e. The second-order valence-corrected chi connectivity index (χ2v) is 4.54. The first-order valence-corrected chi connectivity index (χ1v) is 6.53. The number of alkyl halides is 2. The zero-order valence-corrected chi connectivity index (χ0v) is 11.3. The van der Waals surface area contributed by atoms with Crippen molar-refractivity contribution in [1.29, 1.82) is 0 Å². The zero-order valence-electron chi connectivity index (χ0n) is 7.40. The molecule has 0 saturated carbocycles. The molecule has 1 aromatic carbocycles. The molecule has 1 nitrogen and oxygen atoms in total. The summed E-state index contributed by atoms with van der Waals surface area (Å²) in [5.74, 6) is 0.584. The van der Waals surface area contributed by atoms with Gasteiger partial charge in [0.25, 0.3) is 0 Å². The van der Waals surface area contributed by atoms with Crippen molar-refractivity contribution < 1.29 is 4.79 Å². The van der Waals surface area contributed by atoms with Crippen LogP contribution in [-0.2, 0) is 17.1 Å². The van der Waals surface area contributed by atoms with Gasteiger partial charge < -0.3 is 0 Å². The van der Waals surface area contributed by atoms with E-state index < -0.39 is 0 Å². The molecule has 1 rings (SSSR count). The predicted octanol–water partition coefficient (Wildman–Crippen LogP) is 3.69. The molecule has 0 radical (unpaired) electrons. The van der Waals surface area contributed by atoms with Crippen LogP contribution in [0.1, 0.15) is 11.1 Å². The number of rotatable bonds is 4. The monoisotopic (exact) mass is 338 g/mol. The van der Waals surface area contributed by atoms with Gasteiger partial charge in [0.1, 0.15) is 5.78 Å². The van der Waals surface area contributed by atoms with Gasteiger partial charge in [-0.25, -0.2) is 0 Å². The summed E-state index contributed by atoms with van der Waals surface area (Å²) < 4.78 is 0.965. The summed E-state index contributed by atoms with van der Waals surface area (Å²) in [6.45, 7) is 0. The maximum absolute atomic E-state index is 11.3. The predicted molar refractivity (Wildman–Crippen MR) is 66.2 cm³/mol. The number of carbonyl (C=O) groups is 1.